The van der Waals surface area contributed by atoms with Crippen molar-refractivity contribution >= 4 is 16.6 Å². The summed E-state index contributed by atoms with van der Waals surface area (Å²) < 4.78 is 11.1. The van der Waals surface area contributed by atoms with Crippen LogP contribution in [0.2, 0.25) is 0 Å². The number of likely N-dealkylation sites (tertiary alicyclic amines) is 1. The van der Waals surface area contributed by atoms with E-state index in [4.69, 9.17) is 19.7 Å². The molecule has 0 spiro atoms. The average Bonchev–Trinajstić information content (AvgIpc) is 3.02. The van der Waals surface area contributed by atoms with Crippen LogP contribution in [0.25, 0.3) is 10.9 Å². The first-order valence-electron chi connectivity index (χ1n) is 11.2. The van der Waals surface area contributed by atoms with E-state index in [0.29, 0.717) is 12.5 Å². The third-order valence-electron chi connectivity index (χ3n) is 6.41. The molecule has 4 rings (SSSR count). The molecular weight excluding hydrogens is 376 g/mol. The molecule has 1 atom stereocenters. The predicted molar refractivity (Wildman–Crippen MR) is 119 cm³/mol. The van der Waals surface area contributed by atoms with Crippen LogP contribution in [-0.2, 0) is 12.8 Å². The molecule has 1 N–H and O–H groups in total. The van der Waals surface area contributed by atoms with Gasteiger partial charge in [-0.2, -0.15) is 5.26 Å². The second-order valence-electron chi connectivity index (χ2n) is 8.39. The van der Waals surface area contributed by atoms with Crippen LogP contribution in [0.15, 0.2) is 12.1 Å². The molecule has 1 aromatic heterocycles. The quantitative estimate of drug-likeness (QED) is 0.718. The molecule has 1 aromatic carbocycles. The van der Waals surface area contributed by atoms with Gasteiger partial charge in [-0.05, 0) is 56.7 Å². The Balaban J connectivity index is 1.74. The molecule has 0 radical (unpaired) electrons. The fraction of sp³-hybridized carbons (Fsp3) is 0.583. The summed E-state index contributed by atoms with van der Waals surface area (Å²) in [4.78, 5) is 7.46. The Hall–Kier alpha value is -2.52. The summed E-state index contributed by atoms with van der Waals surface area (Å²) in [7, 11) is 3.35. The number of aryl methyl sites for hydroxylation is 1. The van der Waals surface area contributed by atoms with Gasteiger partial charge in [0.1, 0.15) is 0 Å². The monoisotopic (exact) mass is 408 g/mol. The molecule has 6 nitrogen and oxygen atoms in total. The van der Waals surface area contributed by atoms with E-state index in [-0.39, 0.29) is 0 Å². The summed E-state index contributed by atoms with van der Waals surface area (Å²) in [5.74, 6) is 1.46. The fourth-order valence-corrected chi connectivity index (χ4v) is 4.88. The number of rotatable bonds is 6. The van der Waals surface area contributed by atoms with Crippen molar-refractivity contribution in [3.63, 3.8) is 0 Å². The number of hydrogen-bond acceptors (Lipinski definition) is 6. The maximum atomic E-state index is 8.95. The molecule has 1 saturated heterocycles. The van der Waals surface area contributed by atoms with Gasteiger partial charge >= 0.3 is 0 Å². The molecule has 1 aliphatic carbocycles. The van der Waals surface area contributed by atoms with E-state index in [1.165, 1.54) is 36.2 Å². The number of ether oxygens (including phenoxy) is 2. The van der Waals surface area contributed by atoms with Gasteiger partial charge in [0, 0.05) is 48.4 Å². The molecule has 2 aromatic rings. The Labute approximate surface area is 179 Å². The first-order valence-corrected chi connectivity index (χ1v) is 11.2. The predicted octanol–water partition coefficient (Wildman–Crippen LogP) is 4.31. The summed E-state index contributed by atoms with van der Waals surface area (Å²) in [6, 6.07) is 6.74. The van der Waals surface area contributed by atoms with Crippen LogP contribution in [-0.4, -0.2) is 49.8 Å². The minimum absolute atomic E-state index is 0.378. The zero-order valence-electron chi connectivity index (χ0n) is 18.2. The van der Waals surface area contributed by atoms with Crippen LogP contribution >= 0.6 is 0 Å². The molecule has 1 fully saturated rings. The highest BCUT2D eigenvalue weighted by Gasteiger charge is 2.24. The third-order valence-corrected chi connectivity index (χ3v) is 6.41. The van der Waals surface area contributed by atoms with Crippen LogP contribution in [0.4, 0.5) is 5.69 Å². The summed E-state index contributed by atoms with van der Waals surface area (Å²) in [6.45, 7) is 2.92. The lowest BCUT2D eigenvalue weighted by Crippen LogP contribution is -2.42. The van der Waals surface area contributed by atoms with Gasteiger partial charge in [0.25, 0.3) is 0 Å². The Morgan fingerprint density at radius 2 is 1.93 bits per heavy atom. The van der Waals surface area contributed by atoms with Gasteiger partial charge in [-0.25, -0.2) is 0 Å². The minimum atomic E-state index is 0.378. The summed E-state index contributed by atoms with van der Waals surface area (Å²) in [5.41, 5.74) is 4.80. The van der Waals surface area contributed by atoms with Crippen molar-refractivity contribution in [2.45, 2.75) is 57.4 Å². The molecule has 2 aliphatic rings. The van der Waals surface area contributed by atoms with E-state index in [2.05, 4.69) is 22.4 Å². The van der Waals surface area contributed by atoms with E-state index >= 15 is 0 Å². The Bertz CT molecular complexity index is 937. The van der Waals surface area contributed by atoms with Crippen molar-refractivity contribution in [3.05, 3.63) is 23.4 Å². The summed E-state index contributed by atoms with van der Waals surface area (Å²) in [5, 5.41) is 14.0. The van der Waals surface area contributed by atoms with Gasteiger partial charge in [-0.1, -0.05) is 6.42 Å². The van der Waals surface area contributed by atoms with Gasteiger partial charge in [0.15, 0.2) is 11.5 Å². The second-order valence-corrected chi connectivity index (χ2v) is 8.39. The van der Waals surface area contributed by atoms with Crippen molar-refractivity contribution in [2.75, 3.05) is 39.2 Å². The average molecular weight is 409 g/mol. The summed E-state index contributed by atoms with van der Waals surface area (Å²) in [6.07, 6.45) is 8.67. The highest BCUT2D eigenvalue weighted by Crippen LogP contribution is 2.39. The Morgan fingerprint density at radius 3 is 2.73 bits per heavy atom. The lowest BCUT2D eigenvalue weighted by Gasteiger charge is -2.34. The molecule has 0 unspecified atom stereocenters. The van der Waals surface area contributed by atoms with Crippen LogP contribution in [0.1, 0.15) is 49.8 Å². The van der Waals surface area contributed by atoms with Gasteiger partial charge in [-0.15, -0.1) is 0 Å². The number of piperidine rings is 1. The van der Waals surface area contributed by atoms with E-state index in [1.807, 2.05) is 6.07 Å². The lowest BCUT2D eigenvalue weighted by molar-refractivity contribution is 0.221. The number of benzene rings is 1. The maximum Gasteiger partial charge on any atom is 0.162 e. The molecule has 6 heteroatoms. The number of aromatic nitrogens is 1. The molecule has 0 bridgehead atoms. The molecular formula is C24H32N4O2. The lowest BCUT2D eigenvalue weighted by atomic mass is 9.99. The number of nitrogens with zero attached hydrogens (tertiary/aromatic N) is 3. The number of pyridine rings is 1. The standard InChI is InChI=1S/C24H32N4O2/c1-29-22-14-19-21(15-23(22)30-2)27-20-10-5-3-4-9-18(20)24(19)26-17-8-6-12-28(16-17)13-7-11-25/h14-15,17H,3-10,12-13,16H2,1-2H3,(H,26,27)/t17-/m1/s1. The van der Waals surface area contributed by atoms with Gasteiger partial charge in [0.2, 0.25) is 0 Å². The number of hydrogen-bond donors (Lipinski definition) is 1. The smallest absolute Gasteiger partial charge is 0.162 e. The number of nitrogens with one attached hydrogen (secondary N) is 1. The Morgan fingerprint density at radius 1 is 1.13 bits per heavy atom. The van der Waals surface area contributed by atoms with E-state index < -0.39 is 0 Å². The first kappa shape index (κ1) is 20.7. The normalized spacial score (nSPS) is 19.6. The van der Waals surface area contributed by atoms with E-state index in [9.17, 15) is 0 Å². The molecule has 2 heterocycles. The van der Waals surface area contributed by atoms with Gasteiger partial charge < -0.3 is 19.7 Å². The molecule has 160 valence electrons. The second kappa shape index (κ2) is 9.53. The van der Waals surface area contributed by atoms with Crippen molar-refractivity contribution in [1.82, 2.24) is 9.88 Å². The minimum Gasteiger partial charge on any atom is -0.493 e. The van der Waals surface area contributed by atoms with E-state index in [0.717, 1.165) is 67.7 Å². The number of methoxy groups -OCH3 is 2. The SMILES string of the molecule is COc1cc2nc3c(c(N[C@@H]4CCCN(CCC#N)C4)c2cc1OC)CCCCC3. The zero-order chi connectivity index (χ0) is 20.9. The van der Waals surface area contributed by atoms with Crippen LogP contribution < -0.4 is 14.8 Å². The largest absolute Gasteiger partial charge is 0.493 e. The van der Waals surface area contributed by atoms with Crippen molar-refractivity contribution in [2.24, 2.45) is 0 Å². The van der Waals surface area contributed by atoms with Crippen LogP contribution in [0.5, 0.6) is 11.5 Å². The highest BCUT2D eigenvalue weighted by molar-refractivity contribution is 5.96. The van der Waals surface area contributed by atoms with Gasteiger partial charge in [-0.3, -0.25) is 4.98 Å². The van der Waals surface area contributed by atoms with E-state index in [1.54, 1.807) is 14.2 Å². The molecule has 0 saturated carbocycles. The maximum absolute atomic E-state index is 8.95. The summed E-state index contributed by atoms with van der Waals surface area (Å²) >= 11 is 0. The topological polar surface area (TPSA) is 70.4 Å². The number of fused-ring (bicyclic) bond motifs is 2. The van der Waals surface area contributed by atoms with Crippen molar-refractivity contribution in [3.8, 4) is 17.6 Å². The highest BCUT2D eigenvalue weighted by atomic mass is 16.5. The van der Waals surface area contributed by atoms with Crippen LogP contribution in [0.3, 0.4) is 0 Å². The molecule has 0 amide bonds. The third kappa shape index (κ3) is 4.32. The zero-order valence-corrected chi connectivity index (χ0v) is 18.2. The Kier molecular flexibility index (Phi) is 6.59. The molecule has 1 aliphatic heterocycles. The number of nitriles is 1. The van der Waals surface area contributed by atoms with Gasteiger partial charge in [0.05, 0.1) is 25.8 Å². The first-order chi connectivity index (χ1) is 14.7. The van der Waals surface area contributed by atoms with Crippen molar-refractivity contribution < 1.29 is 9.47 Å². The van der Waals surface area contributed by atoms with Crippen LogP contribution in [0, 0.1) is 11.3 Å². The molecule has 30 heavy (non-hydrogen) atoms. The number of anilines is 1. The fourth-order valence-electron chi connectivity index (χ4n) is 4.88. The van der Waals surface area contributed by atoms with Crippen molar-refractivity contribution in [1.29, 1.82) is 5.26 Å².